The second kappa shape index (κ2) is 10.4. The summed E-state index contributed by atoms with van der Waals surface area (Å²) in [5.74, 6) is 0.668. The molecule has 1 aromatic rings. The zero-order valence-electron chi connectivity index (χ0n) is 17.0. The zero-order chi connectivity index (χ0) is 18.6. The molecule has 0 aliphatic rings. The SMILES string of the molecule is CC(C)(C)CC(C)(C)C(C)(OCCOc1ccccc1)S(=O)(=O)[O-].O.[Na+]. The molecule has 1 aromatic carbocycles. The molecule has 0 aliphatic carbocycles. The van der Waals surface area contributed by atoms with Gasteiger partial charge in [-0.25, -0.2) is 8.42 Å². The summed E-state index contributed by atoms with van der Waals surface area (Å²) in [6.45, 7) is 11.1. The van der Waals surface area contributed by atoms with Crippen molar-refractivity contribution in [3.8, 4) is 5.75 Å². The van der Waals surface area contributed by atoms with E-state index in [-0.39, 0.29) is 53.7 Å². The average Bonchev–Trinajstić information content (AvgIpc) is 2.40. The molecule has 1 atom stereocenters. The summed E-state index contributed by atoms with van der Waals surface area (Å²) in [4.78, 5) is -1.83. The first-order valence-electron chi connectivity index (χ1n) is 8.06. The number of rotatable bonds is 8. The Hall–Kier alpha value is -0.150. The summed E-state index contributed by atoms with van der Waals surface area (Å²) in [5.41, 5.74) is -0.988. The summed E-state index contributed by atoms with van der Waals surface area (Å²) < 4.78 is 46.9. The van der Waals surface area contributed by atoms with Crippen LogP contribution in [0.5, 0.6) is 5.75 Å². The molecule has 0 saturated heterocycles. The molecule has 0 aromatic heterocycles. The molecule has 1 unspecified atom stereocenters. The Balaban J connectivity index is 0. The van der Waals surface area contributed by atoms with Crippen molar-refractivity contribution in [3.05, 3.63) is 30.3 Å². The molecule has 0 bridgehead atoms. The molecule has 1 rings (SSSR count). The van der Waals surface area contributed by atoms with Crippen molar-refractivity contribution in [1.82, 2.24) is 0 Å². The monoisotopic (exact) mass is 398 g/mol. The van der Waals surface area contributed by atoms with Crippen LogP contribution in [0.4, 0.5) is 0 Å². The van der Waals surface area contributed by atoms with Gasteiger partial charge in [0, 0.05) is 5.41 Å². The summed E-state index contributed by atoms with van der Waals surface area (Å²) in [7, 11) is -4.67. The van der Waals surface area contributed by atoms with E-state index in [9.17, 15) is 13.0 Å². The smallest absolute Gasteiger partial charge is 0.746 e. The van der Waals surface area contributed by atoms with E-state index in [2.05, 4.69) is 0 Å². The quantitative estimate of drug-likeness (QED) is 0.348. The molecule has 0 heterocycles. The molecule has 0 saturated carbocycles. The van der Waals surface area contributed by atoms with E-state index in [1.54, 1.807) is 26.0 Å². The standard InChI is InChI=1S/C18H30O5S.Na.H2O/c1-16(2,3)14-17(4,5)18(6,24(19,20)21)23-13-12-22-15-10-8-7-9-11-15;;/h7-11H,12-14H2,1-6H3,(H,19,20,21);;1H2/q;+1;/p-1. The van der Waals surface area contributed by atoms with E-state index in [4.69, 9.17) is 9.47 Å². The minimum Gasteiger partial charge on any atom is -0.746 e. The summed E-state index contributed by atoms with van der Waals surface area (Å²) in [5, 5.41) is 0. The van der Waals surface area contributed by atoms with E-state index in [1.807, 2.05) is 39.0 Å². The van der Waals surface area contributed by atoms with Crippen LogP contribution in [0.15, 0.2) is 30.3 Å². The molecular formula is C18H31NaO6S. The van der Waals surface area contributed by atoms with E-state index >= 15 is 0 Å². The first-order chi connectivity index (χ1) is 10.8. The van der Waals surface area contributed by atoms with Gasteiger partial charge in [-0.3, -0.25) is 0 Å². The van der Waals surface area contributed by atoms with Gasteiger partial charge in [-0.15, -0.1) is 0 Å². The molecule has 2 N–H and O–H groups in total. The Kier molecular flexibility index (Phi) is 11.2. The predicted octanol–water partition coefficient (Wildman–Crippen LogP) is -0.0149. The second-order valence-corrected chi connectivity index (χ2v) is 9.72. The Morgan fingerprint density at radius 2 is 1.46 bits per heavy atom. The third-order valence-corrected chi connectivity index (χ3v) is 5.78. The molecule has 0 radical (unpaired) electrons. The maximum absolute atomic E-state index is 11.9. The molecule has 0 spiro atoms. The van der Waals surface area contributed by atoms with Crippen LogP contribution in [0.25, 0.3) is 0 Å². The largest absolute Gasteiger partial charge is 1.00 e. The fourth-order valence-corrected chi connectivity index (χ4v) is 3.98. The number of hydrogen-bond acceptors (Lipinski definition) is 5. The van der Waals surface area contributed by atoms with Gasteiger partial charge in [-0.1, -0.05) is 52.8 Å². The van der Waals surface area contributed by atoms with Gasteiger partial charge in [0.05, 0.1) is 6.61 Å². The Morgan fingerprint density at radius 1 is 0.962 bits per heavy atom. The van der Waals surface area contributed by atoms with Crippen LogP contribution in [0.1, 0.15) is 48.0 Å². The van der Waals surface area contributed by atoms with Gasteiger partial charge in [0.25, 0.3) is 0 Å². The molecule has 8 heteroatoms. The van der Waals surface area contributed by atoms with Gasteiger partial charge in [0.15, 0.2) is 4.93 Å². The Labute approximate surface area is 180 Å². The number of benzene rings is 1. The van der Waals surface area contributed by atoms with Crippen molar-refractivity contribution in [2.24, 2.45) is 10.8 Å². The summed E-state index contributed by atoms with van der Waals surface area (Å²) in [6, 6.07) is 9.16. The van der Waals surface area contributed by atoms with Crippen LogP contribution >= 0.6 is 0 Å². The van der Waals surface area contributed by atoms with Gasteiger partial charge in [0.1, 0.15) is 22.5 Å². The van der Waals surface area contributed by atoms with Gasteiger partial charge < -0.3 is 19.5 Å². The Bertz CT molecular complexity index is 625. The van der Waals surface area contributed by atoms with Gasteiger partial charge in [-0.2, -0.15) is 0 Å². The van der Waals surface area contributed by atoms with Crippen molar-refractivity contribution in [3.63, 3.8) is 0 Å². The topological polar surface area (TPSA) is 107 Å². The van der Waals surface area contributed by atoms with Gasteiger partial charge in [0.2, 0.25) is 0 Å². The molecule has 146 valence electrons. The second-order valence-electron chi connectivity index (χ2n) is 8.03. The van der Waals surface area contributed by atoms with Crippen molar-refractivity contribution in [2.75, 3.05) is 13.2 Å². The molecule has 0 fully saturated rings. The first-order valence-corrected chi connectivity index (χ1v) is 9.47. The van der Waals surface area contributed by atoms with Crippen LogP contribution < -0.4 is 34.3 Å². The third-order valence-electron chi connectivity index (χ3n) is 4.15. The third kappa shape index (κ3) is 7.84. The van der Waals surface area contributed by atoms with E-state index in [1.165, 1.54) is 6.92 Å². The maximum Gasteiger partial charge on any atom is 1.00 e. The molecule has 6 nitrogen and oxygen atoms in total. The van der Waals surface area contributed by atoms with Crippen LogP contribution in [0, 0.1) is 10.8 Å². The predicted molar refractivity (Wildman–Crippen MR) is 97.5 cm³/mol. The first kappa shape index (κ1) is 28.1. The summed E-state index contributed by atoms with van der Waals surface area (Å²) >= 11 is 0. The van der Waals surface area contributed by atoms with E-state index in [0.717, 1.165) is 0 Å². The minimum atomic E-state index is -4.67. The van der Waals surface area contributed by atoms with Crippen molar-refractivity contribution < 1.29 is 57.5 Å². The van der Waals surface area contributed by atoms with Gasteiger partial charge in [-0.05, 0) is 30.9 Å². The minimum absolute atomic E-state index is 0. The molecule has 26 heavy (non-hydrogen) atoms. The van der Waals surface area contributed by atoms with Crippen molar-refractivity contribution >= 4 is 10.1 Å². The normalized spacial score (nSPS) is 14.6. The molecule has 0 aliphatic heterocycles. The number of ether oxygens (including phenoxy) is 2. The number of para-hydroxylation sites is 1. The molecule has 0 amide bonds. The van der Waals surface area contributed by atoms with Crippen molar-refractivity contribution in [2.45, 2.75) is 52.9 Å². The maximum atomic E-state index is 11.9. The zero-order valence-corrected chi connectivity index (χ0v) is 19.8. The van der Waals surface area contributed by atoms with Crippen LogP contribution in [-0.2, 0) is 14.9 Å². The van der Waals surface area contributed by atoms with Crippen LogP contribution in [0.3, 0.4) is 0 Å². The fourth-order valence-electron chi connectivity index (χ4n) is 3.00. The van der Waals surface area contributed by atoms with E-state index in [0.29, 0.717) is 12.2 Å². The van der Waals surface area contributed by atoms with Gasteiger partial charge >= 0.3 is 29.6 Å². The average molecular weight is 398 g/mol. The fraction of sp³-hybridized carbons (Fsp3) is 0.667. The van der Waals surface area contributed by atoms with E-state index < -0.39 is 20.5 Å². The molecular weight excluding hydrogens is 367 g/mol. The Morgan fingerprint density at radius 3 is 1.88 bits per heavy atom. The summed E-state index contributed by atoms with van der Waals surface area (Å²) in [6.07, 6.45) is 0.525. The number of hydrogen-bond donors (Lipinski definition) is 0. The van der Waals surface area contributed by atoms with Crippen molar-refractivity contribution in [1.29, 1.82) is 0 Å². The van der Waals surface area contributed by atoms with Crippen LogP contribution in [0.2, 0.25) is 0 Å². The van der Waals surface area contributed by atoms with Crippen LogP contribution in [-0.4, -0.2) is 36.6 Å².